The average Bonchev–Trinajstić information content (AvgIpc) is 2.68. The summed E-state index contributed by atoms with van der Waals surface area (Å²) in [7, 11) is 1.89. The van der Waals surface area contributed by atoms with Crippen LogP contribution in [0.15, 0.2) is 34.9 Å². The summed E-state index contributed by atoms with van der Waals surface area (Å²) in [5.74, 6) is 0. The quantitative estimate of drug-likeness (QED) is 0.921. The van der Waals surface area contributed by atoms with E-state index in [1.54, 1.807) is 11.0 Å². The summed E-state index contributed by atoms with van der Waals surface area (Å²) in [6.45, 7) is 0.733. The van der Waals surface area contributed by atoms with Crippen LogP contribution in [0, 0.1) is 0 Å². The summed E-state index contributed by atoms with van der Waals surface area (Å²) in [6.07, 6.45) is 1.76. The zero-order valence-electron chi connectivity index (χ0n) is 8.31. The van der Waals surface area contributed by atoms with Crippen molar-refractivity contribution < 1.29 is 0 Å². The highest BCUT2D eigenvalue weighted by Gasteiger charge is 2.01. The minimum Gasteiger partial charge on any atom is -0.314 e. The first-order valence-corrected chi connectivity index (χ1v) is 5.40. The summed E-state index contributed by atoms with van der Waals surface area (Å²) < 4.78 is 1.05. The fourth-order valence-corrected chi connectivity index (χ4v) is 1.52. The van der Waals surface area contributed by atoms with E-state index in [0.29, 0.717) is 0 Å². The second-order valence-electron chi connectivity index (χ2n) is 3.13. The Hall–Kier alpha value is -1.20. The van der Waals surface area contributed by atoms with Gasteiger partial charge in [0.15, 0.2) is 0 Å². The number of rotatable bonds is 3. The Labute approximate surface area is 96.4 Å². The molecule has 0 saturated carbocycles. The van der Waals surface area contributed by atoms with Crippen molar-refractivity contribution in [3.8, 4) is 5.69 Å². The van der Waals surface area contributed by atoms with Crippen LogP contribution in [0.3, 0.4) is 0 Å². The summed E-state index contributed by atoms with van der Waals surface area (Å²) in [4.78, 5) is 1.62. The first-order valence-electron chi connectivity index (χ1n) is 4.61. The van der Waals surface area contributed by atoms with Crippen LogP contribution in [0.25, 0.3) is 5.69 Å². The van der Waals surface area contributed by atoms with Crippen molar-refractivity contribution in [1.82, 2.24) is 20.3 Å². The number of benzene rings is 1. The van der Waals surface area contributed by atoms with Crippen molar-refractivity contribution in [2.75, 3.05) is 7.05 Å². The molecule has 1 aromatic carbocycles. The molecule has 0 amide bonds. The second-order valence-corrected chi connectivity index (χ2v) is 4.05. The van der Waals surface area contributed by atoms with Crippen LogP contribution in [0.5, 0.6) is 0 Å². The van der Waals surface area contributed by atoms with E-state index < -0.39 is 0 Å². The third-order valence-corrected chi connectivity index (χ3v) is 2.48. The van der Waals surface area contributed by atoms with Crippen molar-refractivity contribution >= 4 is 15.9 Å². The molecule has 2 rings (SSSR count). The van der Waals surface area contributed by atoms with Crippen molar-refractivity contribution in [2.24, 2.45) is 0 Å². The Morgan fingerprint density at radius 2 is 2.07 bits per heavy atom. The molecule has 0 saturated heterocycles. The summed E-state index contributed by atoms with van der Waals surface area (Å²) >= 11 is 3.39. The Morgan fingerprint density at radius 3 is 2.73 bits per heavy atom. The number of hydrogen-bond acceptors (Lipinski definition) is 3. The van der Waals surface area contributed by atoms with Gasteiger partial charge in [-0.25, -0.2) is 0 Å². The third-order valence-electron chi connectivity index (χ3n) is 1.95. The first kappa shape index (κ1) is 10.3. The number of halogens is 1. The SMILES string of the molecule is CNCc1cnn(-c2ccc(Br)cc2)n1. The van der Waals surface area contributed by atoms with E-state index in [9.17, 15) is 0 Å². The van der Waals surface area contributed by atoms with Gasteiger partial charge in [0.1, 0.15) is 0 Å². The molecule has 0 aliphatic heterocycles. The predicted octanol–water partition coefficient (Wildman–Crippen LogP) is 1.75. The van der Waals surface area contributed by atoms with Crippen LogP contribution >= 0.6 is 15.9 Å². The maximum atomic E-state index is 4.33. The van der Waals surface area contributed by atoms with E-state index in [0.717, 1.165) is 22.4 Å². The molecule has 78 valence electrons. The molecule has 4 nitrogen and oxygen atoms in total. The molecule has 2 aromatic rings. The van der Waals surface area contributed by atoms with Gasteiger partial charge in [-0.2, -0.15) is 15.0 Å². The molecule has 0 fully saturated rings. The molecule has 1 heterocycles. The van der Waals surface area contributed by atoms with Gasteiger partial charge in [0.2, 0.25) is 0 Å². The van der Waals surface area contributed by atoms with Gasteiger partial charge in [-0.1, -0.05) is 15.9 Å². The number of hydrogen-bond donors (Lipinski definition) is 1. The zero-order valence-corrected chi connectivity index (χ0v) is 9.90. The van der Waals surface area contributed by atoms with E-state index in [2.05, 4.69) is 31.4 Å². The second kappa shape index (κ2) is 4.55. The van der Waals surface area contributed by atoms with Gasteiger partial charge in [-0.15, -0.1) is 0 Å². The van der Waals surface area contributed by atoms with Crippen molar-refractivity contribution in [3.63, 3.8) is 0 Å². The Kier molecular flexibility index (Phi) is 3.13. The standard InChI is InChI=1S/C10H11BrN4/c1-12-6-9-7-13-15(14-9)10-4-2-8(11)3-5-10/h2-5,7,12H,6H2,1H3. The molecule has 1 N–H and O–H groups in total. The van der Waals surface area contributed by atoms with Crippen molar-refractivity contribution in [2.45, 2.75) is 6.54 Å². The molecular weight excluding hydrogens is 256 g/mol. The van der Waals surface area contributed by atoms with E-state index in [-0.39, 0.29) is 0 Å². The first-order chi connectivity index (χ1) is 7.29. The molecule has 0 unspecified atom stereocenters. The van der Waals surface area contributed by atoms with E-state index >= 15 is 0 Å². The zero-order chi connectivity index (χ0) is 10.7. The highest BCUT2D eigenvalue weighted by Crippen LogP contribution is 2.12. The van der Waals surface area contributed by atoms with Crippen LogP contribution in [0.1, 0.15) is 5.69 Å². The predicted molar refractivity (Wildman–Crippen MR) is 61.8 cm³/mol. The maximum Gasteiger partial charge on any atom is 0.0969 e. The van der Waals surface area contributed by atoms with Gasteiger partial charge in [-0.3, -0.25) is 0 Å². The Morgan fingerprint density at radius 1 is 1.33 bits per heavy atom. The number of nitrogens with zero attached hydrogens (tertiary/aromatic N) is 3. The molecule has 5 heteroatoms. The number of aromatic nitrogens is 3. The summed E-state index contributed by atoms with van der Waals surface area (Å²) in [5.41, 5.74) is 1.89. The lowest BCUT2D eigenvalue weighted by atomic mass is 10.3. The van der Waals surface area contributed by atoms with Crippen LogP contribution in [0.4, 0.5) is 0 Å². The van der Waals surface area contributed by atoms with Crippen LogP contribution in [-0.4, -0.2) is 22.0 Å². The summed E-state index contributed by atoms with van der Waals surface area (Å²) in [6, 6.07) is 7.87. The number of nitrogens with one attached hydrogen (secondary N) is 1. The Balaban J connectivity index is 2.25. The fourth-order valence-electron chi connectivity index (χ4n) is 1.26. The topological polar surface area (TPSA) is 42.7 Å². The van der Waals surface area contributed by atoms with Gasteiger partial charge in [-0.05, 0) is 31.3 Å². The molecule has 1 aromatic heterocycles. The fraction of sp³-hybridized carbons (Fsp3) is 0.200. The van der Waals surface area contributed by atoms with E-state index in [1.807, 2.05) is 31.3 Å². The molecule has 0 radical (unpaired) electrons. The van der Waals surface area contributed by atoms with Gasteiger partial charge in [0.05, 0.1) is 17.6 Å². The highest BCUT2D eigenvalue weighted by atomic mass is 79.9. The third kappa shape index (κ3) is 2.43. The molecule has 0 bridgehead atoms. The summed E-state index contributed by atoms with van der Waals surface area (Å²) in [5, 5.41) is 11.5. The molecule has 0 spiro atoms. The van der Waals surface area contributed by atoms with Crippen molar-refractivity contribution in [1.29, 1.82) is 0 Å². The van der Waals surface area contributed by atoms with Gasteiger partial charge in [0, 0.05) is 11.0 Å². The van der Waals surface area contributed by atoms with E-state index in [4.69, 9.17) is 0 Å². The minimum atomic E-state index is 0.733. The monoisotopic (exact) mass is 266 g/mol. The average molecular weight is 267 g/mol. The molecule has 0 aliphatic carbocycles. The van der Waals surface area contributed by atoms with Gasteiger partial charge < -0.3 is 5.32 Å². The normalized spacial score (nSPS) is 10.5. The lowest BCUT2D eigenvalue weighted by molar-refractivity contribution is 0.716. The van der Waals surface area contributed by atoms with Crippen molar-refractivity contribution in [3.05, 3.63) is 40.6 Å². The lowest BCUT2D eigenvalue weighted by Gasteiger charge is -1.98. The van der Waals surface area contributed by atoms with Crippen LogP contribution < -0.4 is 5.32 Å². The highest BCUT2D eigenvalue weighted by molar-refractivity contribution is 9.10. The molecule has 0 atom stereocenters. The minimum absolute atomic E-state index is 0.733. The lowest BCUT2D eigenvalue weighted by Crippen LogP contribution is -2.06. The molecule has 0 aliphatic rings. The largest absolute Gasteiger partial charge is 0.314 e. The van der Waals surface area contributed by atoms with Crippen LogP contribution in [-0.2, 0) is 6.54 Å². The van der Waals surface area contributed by atoms with Crippen LogP contribution in [0.2, 0.25) is 0 Å². The Bertz CT molecular complexity index is 435. The molecule has 15 heavy (non-hydrogen) atoms. The maximum absolute atomic E-state index is 4.33. The van der Waals surface area contributed by atoms with Gasteiger partial charge >= 0.3 is 0 Å². The smallest absolute Gasteiger partial charge is 0.0969 e. The van der Waals surface area contributed by atoms with Gasteiger partial charge in [0.25, 0.3) is 0 Å². The van der Waals surface area contributed by atoms with E-state index in [1.165, 1.54) is 0 Å². The molecular formula is C10H11BrN4.